The zero-order chi connectivity index (χ0) is 30.8. The normalized spacial score (nSPS) is 14.7. The number of rotatable bonds is 6. The van der Waals surface area contributed by atoms with E-state index in [1.807, 2.05) is 6.07 Å². The van der Waals surface area contributed by atoms with E-state index in [0.717, 1.165) is 6.07 Å². The molecule has 0 aromatic carbocycles. The molecule has 16 heteroatoms. The van der Waals surface area contributed by atoms with Crippen molar-refractivity contribution in [3.8, 4) is 17.5 Å². The van der Waals surface area contributed by atoms with Crippen LogP contribution in [0.15, 0.2) is 30.6 Å². The number of anilines is 2. The van der Waals surface area contributed by atoms with E-state index in [4.69, 9.17) is 9.47 Å². The van der Waals surface area contributed by atoms with Crippen LogP contribution in [0.2, 0.25) is 0 Å². The number of hydrogen-bond acceptors (Lipinski definition) is 10. The van der Waals surface area contributed by atoms with Gasteiger partial charge in [0.15, 0.2) is 16.9 Å². The molecule has 0 saturated carbocycles. The lowest BCUT2D eigenvalue weighted by molar-refractivity contribution is -0.129. The molecule has 42 heavy (non-hydrogen) atoms. The highest BCUT2D eigenvalue weighted by Gasteiger charge is 2.53. The summed E-state index contributed by atoms with van der Waals surface area (Å²) in [5.74, 6) is -2.28. The number of pyridine rings is 2. The molecule has 1 aliphatic rings. The number of aromatic nitrogens is 5. The third kappa shape index (κ3) is 6.40. The maximum absolute atomic E-state index is 13.9. The van der Waals surface area contributed by atoms with Gasteiger partial charge < -0.3 is 19.7 Å². The number of halogens is 2. The van der Waals surface area contributed by atoms with Crippen molar-refractivity contribution >= 4 is 29.6 Å². The van der Waals surface area contributed by atoms with Gasteiger partial charge >= 0.3 is 12.2 Å². The lowest BCUT2D eigenvalue weighted by atomic mass is 9.80. The predicted octanol–water partition coefficient (Wildman–Crippen LogP) is 3.56. The van der Waals surface area contributed by atoms with Gasteiger partial charge in [0.1, 0.15) is 17.5 Å². The number of hydrogen-bond donors (Lipinski definition) is 2. The quantitative estimate of drug-likeness (QED) is 0.408. The SMILES string of the molecule is C[C@@H](OC(=O)Nc1c(-c2ccc(NC(=O)C3(C#N)CN(C(=O)OC(C)(C)C)C3)cn2)nnn1C)c1cc(F)cnc1F. The Morgan fingerprint density at radius 1 is 1.14 bits per heavy atom. The van der Waals surface area contributed by atoms with E-state index in [1.54, 1.807) is 20.8 Å². The molecular formula is C26H27F2N9O5. The van der Waals surface area contributed by atoms with Crippen LogP contribution in [0, 0.1) is 28.5 Å². The van der Waals surface area contributed by atoms with Crippen molar-refractivity contribution in [1.29, 1.82) is 5.26 Å². The summed E-state index contributed by atoms with van der Waals surface area (Å²) in [6, 6.07) is 5.86. The highest BCUT2D eigenvalue weighted by molar-refractivity contribution is 5.99. The van der Waals surface area contributed by atoms with Gasteiger partial charge in [-0.05, 0) is 45.9 Å². The maximum atomic E-state index is 13.9. The van der Waals surface area contributed by atoms with Crippen LogP contribution in [-0.2, 0) is 21.3 Å². The van der Waals surface area contributed by atoms with E-state index in [-0.39, 0.29) is 41.5 Å². The highest BCUT2D eigenvalue weighted by Crippen LogP contribution is 2.33. The van der Waals surface area contributed by atoms with E-state index in [1.165, 1.54) is 41.9 Å². The van der Waals surface area contributed by atoms with E-state index in [9.17, 15) is 28.4 Å². The zero-order valence-electron chi connectivity index (χ0n) is 23.3. The molecule has 3 amide bonds. The number of nitrogens with zero attached hydrogens (tertiary/aromatic N) is 7. The topological polar surface area (TPSA) is 177 Å². The average molecular weight is 584 g/mol. The molecule has 0 bridgehead atoms. The molecule has 3 aromatic heterocycles. The molecule has 1 saturated heterocycles. The molecule has 4 heterocycles. The Balaban J connectivity index is 1.40. The third-order valence-corrected chi connectivity index (χ3v) is 6.09. The Kier molecular flexibility index (Phi) is 8.05. The third-order valence-electron chi connectivity index (χ3n) is 6.09. The number of aryl methyl sites for hydroxylation is 1. The minimum absolute atomic E-state index is 0.0921. The summed E-state index contributed by atoms with van der Waals surface area (Å²) in [5, 5.41) is 22.6. The first-order valence-corrected chi connectivity index (χ1v) is 12.6. The molecule has 14 nitrogen and oxygen atoms in total. The predicted molar refractivity (Wildman–Crippen MR) is 141 cm³/mol. The second-order valence-corrected chi connectivity index (χ2v) is 10.5. The van der Waals surface area contributed by atoms with Gasteiger partial charge in [0, 0.05) is 7.05 Å². The van der Waals surface area contributed by atoms with Crippen LogP contribution in [0.3, 0.4) is 0 Å². The van der Waals surface area contributed by atoms with E-state index in [0.29, 0.717) is 6.20 Å². The van der Waals surface area contributed by atoms with Crippen molar-refractivity contribution < 1.29 is 32.6 Å². The standard InChI is InChI=1S/C26H27F2N9O5/c1-14(17-8-15(27)9-31-20(17)28)41-23(39)33-21-19(34-35-36(21)5)18-7-6-16(10-30-18)32-22(38)26(11-29)12-37(13-26)24(40)42-25(2,3)4/h6-10,14H,12-13H2,1-5H3,(H,32,38)(H,33,39)/t14-/m1/s1. The van der Waals surface area contributed by atoms with Crippen LogP contribution in [0.25, 0.3) is 11.4 Å². The van der Waals surface area contributed by atoms with Crippen LogP contribution in [0.4, 0.5) is 29.9 Å². The van der Waals surface area contributed by atoms with Crippen LogP contribution >= 0.6 is 0 Å². The minimum Gasteiger partial charge on any atom is -0.444 e. The molecule has 0 spiro atoms. The molecular weight excluding hydrogens is 556 g/mol. The molecule has 4 rings (SSSR count). The lowest BCUT2D eigenvalue weighted by Gasteiger charge is -2.44. The Bertz CT molecular complexity index is 1560. The fourth-order valence-corrected chi connectivity index (χ4v) is 3.93. The summed E-state index contributed by atoms with van der Waals surface area (Å²) in [5.41, 5.74) is -1.72. The number of nitriles is 1. The fourth-order valence-electron chi connectivity index (χ4n) is 3.93. The number of ether oxygens (including phenoxy) is 2. The second-order valence-electron chi connectivity index (χ2n) is 10.5. The first-order chi connectivity index (χ1) is 19.7. The van der Waals surface area contributed by atoms with Gasteiger partial charge in [-0.1, -0.05) is 5.21 Å². The number of amides is 3. The first-order valence-electron chi connectivity index (χ1n) is 12.6. The van der Waals surface area contributed by atoms with Gasteiger partial charge in [-0.25, -0.2) is 23.6 Å². The first kappa shape index (κ1) is 29.8. The molecule has 1 fully saturated rings. The average Bonchev–Trinajstić information content (AvgIpc) is 3.24. The van der Waals surface area contributed by atoms with Gasteiger partial charge in [-0.2, -0.15) is 9.65 Å². The van der Waals surface area contributed by atoms with Gasteiger partial charge in [-0.3, -0.25) is 15.1 Å². The molecule has 2 N–H and O–H groups in total. The number of carbonyl (C=O) groups is 3. The van der Waals surface area contributed by atoms with Crippen LogP contribution < -0.4 is 10.6 Å². The van der Waals surface area contributed by atoms with Crippen LogP contribution in [0.1, 0.15) is 39.4 Å². The Morgan fingerprint density at radius 2 is 1.86 bits per heavy atom. The zero-order valence-corrected chi connectivity index (χ0v) is 23.3. The molecule has 0 aliphatic carbocycles. The summed E-state index contributed by atoms with van der Waals surface area (Å²) in [6.07, 6.45) is -0.747. The number of carbonyl (C=O) groups excluding carboxylic acids is 3. The van der Waals surface area contributed by atoms with Crippen molar-refractivity contribution in [2.75, 3.05) is 23.7 Å². The van der Waals surface area contributed by atoms with E-state index >= 15 is 0 Å². The van der Waals surface area contributed by atoms with E-state index < -0.39 is 47.0 Å². The largest absolute Gasteiger partial charge is 0.444 e. The van der Waals surface area contributed by atoms with Crippen molar-refractivity contribution in [1.82, 2.24) is 29.9 Å². The highest BCUT2D eigenvalue weighted by atomic mass is 19.1. The molecule has 1 atom stereocenters. The summed E-state index contributed by atoms with van der Waals surface area (Å²) in [7, 11) is 1.50. The maximum Gasteiger partial charge on any atom is 0.413 e. The number of nitrogens with one attached hydrogen (secondary N) is 2. The molecule has 0 unspecified atom stereocenters. The Hall–Kier alpha value is -5.20. The summed E-state index contributed by atoms with van der Waals surface area (Å²) in [6.45, 7) is 6.25. The van der Waals surface area contributed by atoms with Gasteiger partial charge in [-0.15, -0.1) is 5.10 Å². The van der Waals surface area contributed by atoms with Crippen LogP contribution in [0.5, 0.6) is 0 Å². The van der Waals surface area contributed by atoms with Crippen LogP contribution in [-0.4, -0.2) is 66.6 Å². The fraction of sp³-hybridized carbons (Fsp3) is 0.385. The van der Waals surface area contributed by atoms with Gasteiger partial charge in [0.05, 0.1) is 48.5 Å². The van der Waals surface area contributed by atoms with Crippen molar-refractivity contribution in [3.05, 3.63) is 47.9 Å². The molecule has 3 aromatic rings. The molecule has 0 radical (unpaired) electrons. The van der Waals surface area contributed by atoms with Crippen molar-refractivity contribution in [3.63, 3.8) is 0 Å². The van der Waals surface area contributed by atoms with Crippen molar-refractivity contribution in [2.45, 2.75) is 39.4 Å². The second kappa shape index (κ2) is 11.4. The summed E-state index contributed by atoms with van der Waals surface area (Å²) in [4.78, 5) is 46.4. The summed E-state index contributed by atoms with van der Waals surface area (Å²) >= 11 is 0. The smallest absolute Gasteiger partial charge is 0.413 e. The molecule has 1 aliphatic heterocycles. The minimum atomic E-state index is -1.44. The summed E-state index contributed by atoms with van der Waals surface area (Å²) < 4.78 is 39.1. The monoisotopic (exact) mass is 583 g/mol. The van der Waals surface area contributed by atoms with E-state index in [2.05, 4.69) is 30.9 Å². The Labute approximate surface area is 238 Å². The van der Waals surface area contributed by atoms with Gasteiger partial charge in [0.25, 0.3) is 0 Å². The Morgan fingerprint density at radius 3 is 2.48 bits per heavy atom. The lowest BCUT2D eigenvalue weighted by Crippen LogP contribution is -2.63. The van der Waals surface area contributed by atoms with Crippen molar-refractivity contribution in [2.24, 2.45) is 12.5 Å². The molecule has 220 valence electrons. The number of likely N-dealkylation sites (tertiary alicyclic amines) is 1. The van der Waals surface area contributed by atoms with Gasteiger partial charge in [0.2, 0.25) is 11.9 Å².